The summed E-state index contributed by atoms with van der Waals surface area (Å²) in [6.07, 6.45) is 4.48. The Morgan fingerprint density at radius 2 is 1.62 bits per heavy atom. The minimum atomic E-state index is -4.74. The number of fused-ring (bicyclic) bond motifs is 1. The van der Waals surface area contributed by atoms with E-state index in [0.717, 1.165) is 62.3 Å². The molecule has 0 aromatic heterocycles. The summed E-state index contributed by atoms with van der Waals surface area (Å²) < 4.78 is 70.3. The van der Waals surface area contributed by atoms with Gasteiger partial charge in [-0.1, -0.05) is 18.9 Å². The van der Waals surface area contributed by atoms with Crippen molar-refractivity contribution in [3.8, 4) is 0 Å². The molecule has 0 aliphatic heterocycles. The van der Waals surface area contributed by atoms with Gasteiger partial charge in [0.05, 0.1) is 24.1 Å². The molecule has 0 spiro atoms. The largest absolute Gasteiger partial charge is 0.453 e. The third-order valence-electron chi connectivity index (χ3n) is 8.11. The van der Waals surface area contributed by atoms with Gasteiger partial charge in [-0.15, -0.1) is 0 Å². The molecule has 0 atom stereocenters. The fourth-order valence-corrected chi connectivity index (χ4v) is 6.72. The van der Waals surface area contributed by atoms with Crippen LogP contribution in [0.3, 0.4) is 0 Å². The first-order valence-corrected chi connectivity index (χ1v) is 15.9. The van der Waals surface area contributed by atoms with Gasteiger partial charge in [-0.3, -0.25) is 4.90 Å². The van der Waals surface area contributed by atoms with Gasteiger partial charge in [-0.2, -0.15) is 13.2 Å². The van der Waals surface area contributed by atoms with Gasteiger partial charge in [0.15, 0.2) is 9.84 Å². The zero-order valence-electron chi connectivity index (χ0n) is 23.5. The predicted octanol–water partition coefficient (Wildman–Crippen LogP) is 6.77. The Hall–Kier alpha value is -2.75. The number of halogens is 3. The topological polar surface area (TPSA) is 66.9 Å². The van der Waals surface area contributed by atoms with Crippen molar-refractivity contribution < 1.29 is 31.1 Å². The number of methoxy groups -OCH3 is 1. The van der Waals surface area contributed by atoms with E-state index in [0.29, 0.717) is 12.0 Å². The number of rotatable bonds is 9. The van der Waals surface area contributed by atoms with Crippen molar-refractivity contribution in [1.29, 1.82) is 0 Å². The maximum absolute atomic E-state index is 13.6. The summed E-state index contributed by atoms with van der Waals surface area (Å²) >= 11 is 0. The van der Waals surface area contributed by atoms with Crippen LogP contribution in [0.5, 0.6) is 0 Å². The standard InChI is InChI=1S/C30H39F3N2O4S/c1-4-34(18-21-9-5-6-10-21)28-16-24-12-8-7-11-23(24)15-25(28)20-35(29(36)39-2)19-22-13-26(30(31,32)33)17-27(14-22)40(3,37)38/h13-17,21H,4-12,18-20H2,1-3H3. The van der Waals surface area contributed by atoms with E-state index in [1.807, 2.05) is 0 Å². The lowest BCUT2D eigenvalue weighted by atomic mass is 9.89. The summed E-state index contributed by atoms with van der Waals surface area (Å²) in [5.41, 5.74) is 3.52. The van der Waals surface area contributed by atoms with E-state index in [-0.39, 0.29) is 18.7 Å². The predicted molar refractivity (Wildman–Crippen MR) is 149 cm³/mol. The molecule has 10 heteroatoms. The Bertz CT molecular complexity index is 1320. The Morgan fingerprint density at radius 3 is 2.20 bits per heavy atom. The number of hydrogen-bond donors (Lipinski definition) is 0. The van der Waals surface area contributed by atoms with E-state index in [9.17, 15) is 26.4 Å². The van der Waals surface area contributed by atoms with Gasteiger partial charge >= 0.3 is 12.3 Å². The summed E-state index contributed by atoms with van der Waals surface area (Å²) in [5, 5.41) is 0. The first-order valence-electron chi connectivity index (χ1n) is 14.0. The van der Waals surface area contributed by atoms with Crippen LogP contribution < -0.4 is 4.90 Å². The fraction of sp³-hybridized carbons (Fsp3) is 0.567. The highest BCUT2D eigenvalue weighted by atomic mass is 32.2. The zero-order chi connectivity index (χ0) is 29.1. The SMILES string of the molecule is CCN(CC1CCCC1)c1cc2c(cc1CN(Cc1cc(C(F)(F)F)cc(S(C)(=O)=O)c1)C(=O)OC)CCCC2. The third-order valence-corrected chi connectivity index (χ3v) is 9.20. The molecule has 0 heterocycles. The molecule has 1 amide bonds. The lowest BCUT2D eigenvalue weighted by Crippen LogP contribution is -2.33. The number of sulfone groups is 1. The number of carbonyl (C=O) groups is 1. The molecular weight excluding hydrogens is 541 g/mol. The van der Waals surface area contributed by atoms with E-state index < -0.39 is 32.6 Å². The van der Waals surface area contributed by atoms with Gasteiger partial charge in [-0.25, -0.2) is 13.2 Å². The molecule has 1 saturated carbocycles. The monoisotopic (exact) mass is 580 g/mol. The first-order chi connectivity index (χ1) is 18.9. The fourth-order valence-electron chi connectivity index (χ4n) is 6.02. The van der Waals surface area contributed by atoms with Gasteiger partial charge < -0.3 is 9.64 Å². The highest BCUT2D eigenvalue weighted by Crippen LogP contribution is 2.35. The summed E-state index contributed by atoms with van der Waals surface area (Å²) in [7, 11) is -2.68. The number of benzene rings is 2. The molecule has 0 bridgehead atoms. The van der Waals surface area contributed by atoms with Crippen molar-refractivity contribution >= 4 is 21.6 Å². The number of nitrogens with zero attached hydrogens (tertiary/aromatic N) is 2. The minimum absolute atomic E-state index is 0.0680. The quantitative estimate of drug-likeness (QED) is 0.327. The van der Waals surface area contributed by atoms with Gasteiger partial charge in [-0.05, 0) is 97.9 Å². The molecule has 2 aliphatic carbocycles. The lowest BCUT2D eigenvalue weighted by molar-refractivity contribution is -0.137. The molecule has 2 aromatic carbocycles. The number of amides is 1. The molecule has 1 fully saturated rings. The smallest absolute Gasteiger partial charge is 0.416 e. The second-order valence-corrected chi connectivity index (χ2v) is 13.1. The van der Waals surface area contributed by atoms with Crippen molar-refractivity contribution in [1.82, 2.24) is 4.90 Å². The summed E-state index contributed by atoms with van der Waals surface area (Å²) in [6, 6.07) is 7.11. The number of anilines is 1. The lowest BCUT2D eigenvalue weighted by Gasteiger charge is -2.32. The van der Waals surface area contributed by atoms with Crippen LogP contribution >= 0.6 is 0 Å². The third kappa shape index (κ3) is 7.30. The minimum Gasteiger partial charge on any atom is -0.453 e. The van der Waals surface area contributed by atoms with E-state index in [1.165, 1.54) is 54.9 Å². The Kier molecular flexibility index (Phi) is 9.37. The second kappa shape index (κ2) is 12.4. The zero-order valence-corrected chi connectivity index (χ0v) is 24.3. The van der Waals surface area contributed by atoms with Crippen molar-refractivity contribution in [2.75, 3.05) is 31.4 Å². The summed E-state index contributed by atoms with van der Waals surface area (Å²) in [5.74, 6) is 0.611. The van der Waals surface area contributed by atoms with Crippen LogP contribution in [0.2, 0.25) is 0 Å². The van der Waals surface area contributed by atoms with Gasteiger partial charge in [0.25, 0.3) is 0 Å². The maximum Gasteiger partial charge on any atom is 0.416 e. The molecular formula is C30H39F3N2O4S. The molecule has 220 valence electrons. The molecule has 0 saturated heterocycles. The highest BCUT2D eigenvalue weighted by Gasteiger charge is 2.33. The second-order valence-electron chi connectivity index (χ2n) is 11.1. The number of hydrogen-bond acceptors (Lipinski definition) is 5. The summed E-state index contributed by atoms with van der Waals surface area (Å²) in [6.45, 7) is 3.73. The van der Waals surface area contributed by atoms with E-state index >= 15 is 0 Å². The van der Waals surface area contributed by atoms with Gasteiger partial charge in [0.2, 0.25) is 0 Å². The molecule has 2 aliphatic rings. The number of carbonyl (C=O) groups excluding carboxylic acids is 1. The van der Waals surface area contributed by atoms with Crippen LogP contribution in [0.25, 0.3) is 0 Å². The molecule has 0 N–H and O–H groups in total. The molecule has 6 nitrogen and oxygen atoms in total. The van der Waals surface area contributed by atoms with Crippen LogP contribution in [0.1, 0.15) is 73.3 Å². The van der Waals surface area contributed by atoms with Crippen molar-refractivity contribution in [2.24, 2.45) is 5.92 Å². The van der Waals surface area contributed by atoms with Crippen molar-refractivity contribution in [3.63, 3.8) is 0 Å². The van der Waals surface area contributed by atoms with Crippen molar-refractivity contribution in [3.05, 3.63) is 58.1 Å². The van der Waals surface area contributed by atoms with E-state index in [4.69, 9.17) is 4.74 Å². The van der Waals surface area contributed by atoms with Crippen LogP contribution in [0, 0.1) is 5.92 Å². The van der Waals surface area contributed by atoms with Gasteiger partial charge in [0, 0.05) is 31.6 Å². The summed E-state index contributed by atoms with van der Waals surface area (Å²) in [4.78, 5) is 16.2. The first kappa shape index (κ1) is 30.2. The molecule has 40 heavy (non-hydrogen) atoms. The van der Waals surface area contributed by atoms with Crippen LogP contribution in [-0.2, 0) is 46.7 Å². The Morgan fingerprint density at radius 1 is 0.975 bits per heavy atom. The van der Waals surface area contributed by atoms with Crippen molar-refractivity contribution in [2.45, 2.75) is 82.5 Å². The molecule has 2 aromatic rings. The number of alkyl halides is 3. The van der Waals surface area contributed by atoms with E-state index in [2.05, 4.69) is 24.0 Å². The normalized spacial score (nSPS) is 16.1. The van der Waals surface area contributed by atoms with E-state index in [1.54, 1.807) is 0 Å². The Labute approximate surface area is 235 Å². The Balaban J connectivity index is 1.73. The average Bonchev–Trinajstić information content (AvgIpc) is 3.42. The molecule has 0 unspecified atom stereocenters. The number of ether oxygens (including phenoxy) is 1. The average molecular weight is 581 g/mol. The maximum atomic E-state index is 13.6. The van der Waals surface area contributed by atoms with Crippen LogP contribution in [-0.4, -0.2) is 45.9 Å². The van der Waals surface area contributed by atoms with Crippen LogP contribution in [0.4, 0.5) is 23.7 Å². The number of aryl methyl sites for hydroxylation is 2. The van der Waals surface area contributed by atoms with Gasteiger partial charge in [0.1, 0.15) is 0 Å². The molecule has 4 rings (SSSR count). The molecule has 0 radical (unpaired) electrons. The highest BCUT2D eigenvalue weighted by molar-refractivity contribution is 7.90. The van der Waals surface area contributed by atoms with Crippen LogP contribution in [0.15, 0.2) is 35.2 Å².